The Kier molecular flexibility index (Phi) is 2.90. The van der Waals surface area contributed by atoms with E-state index in [1.54, 1.807) is 0 Å². The number of alkyl halides is 3. The number of carbonyl (C=O) groups excluding carboxylic acids is 1. The van der Waals surface area contributed by atoms with Crippen molar-refractivity contribution >= 4 is 11.6 Å². The molecule has 6 heteroatoms. The van der Waals surface area contributed by atoms with E-state index in [1.165, 1.54) is 36.4 Å². The molecule has 1 aliphatic rings. The number of aromatic hydroxyl groups is 1. The van der Waals surface area contributed by atoms with Gasteiger partial charge in [-0.2, -0.15) is 13.2 Å². The standard InChI is InChI=1S/C15H10F3NO2/c16-15(17,18)11-3-1-2-10-12(14(21)19-13(10)11)8-4-6-9(20)7-5-8/h1-7,12,20H,(H,19,21). The third-order valence-corrected chi connectivity index (χ3v) is 3.45. The fraction of sp³-hybridized carbons (Fsp3) is 0.133. The quantitative estimate of drug-likeness (QED) is 0.845. The first kappa shape index (κ1) is 13.5. The Labute approximate surface area is 118 Å². The summed E-state index contributed by atoms with van der Waals surface area (Å²) < 4.78 is 38.9. The van der Waals surface area contributed by atoms with Crippen LogP contribution in [0.15, 0.2) is 42.5 Å². The van der Waals surface area contributed by atoms with E-state index in [2.05, 4.69) is 5.32 Å². The highest BCUT2D eigenvalue weighted by Gasteiger charge is 2.40. The lowest BCUT2D eigenvalue weighted by atomic mass is 9.91. The molecule has 0 saturated heterocycles. The predicted molar refractivity (Wildman–Crippen MR) is 70.0 cm³/mol. The molecule has 2 aromatic carbocycles. The minimum atomic E-state index is -4.53. The second-order valence-corrected chi connectivity index (χ2v) is 4.78. The average molecular weight is 293 g/mol. The molecule has 1 aliphatic heterocycles. The van der Waals surface area contributed by atoms with Crippen molar-refractivity contribution in [3.05, 3.63) is 59.2 Å². The molecule has 1 atom stereocenters. The molecule has 0 aromatic heterocycles. The Hall–Kier alpha value is -2.50. The molecular weight excluding hydrogens is 283 g/mol. The van der Waals surface area contributed by atoms with Crippen LogP contribution in [0.5, 0.6) is 5.75 Å². The zero-order valence-electron chi connectivity index (χ0n) is 10.6. The van der Waals surface area contributed by atoms with Crippen LogP contribution < -0.4 is 5.32 Å². The summed E-state index contributed by atoms with van der Waals surface area (Å²) in [6.45, 7) is 0. The van der Waals surface area contributed by atoms with E-state index in [0.717, 1.165) is 6.07 Å². The Morgan fingerprint density at radius 3 is 2.33 bits per heavy atom. The van der Waals surface area contributed by atoms with Gasteiger partial charge in [-0.1, -0.05) is 24.3 Å². The number of rotatable bonds is 1. The van der Waals surface area contributed by atoms with Gasteiger partial charge >= 0.3 is 6.18 Å². The van der Waals surface area contributed by atoms with Gasteiger partial charge in [-0.3, -0.25) is 4.79 Å². The van der Waals surface area contributed by atoms with Crippen LogP contribution in [0, 0.1) is 0 Å². The summed E-state index contributed by atoms with van der Waals surface area (Å²) in [5.41, 5.74) is -0.216. The van der Waals surface area contributed by atoms with Gasteiger partial charge in [-0.05, 0) is 29.3 Å². The first-order valence-electron chi connectivity index (χ1n) is 6.18. The van der Waals surface area contributed by atoms with Crippen molar-refractivity contribution in [2.24, 2.45) is 0 Å². The highest BCUT2D eigenvalue weighted by atomic mass is 19.4. The van der Waals surface area contributed by atoms with Crippen molar-refractivity contribution in [3.63, 3.8) is 0 Å². The lowest BCUT2D eigenvalue weighted by Crippen LogP contribution is -2.14. The third kappa shape index (κ3) is 2.22. The van der Waals surface area contributed by atoms with E-state index in [1.807, 2.05) is 0 Å². The molecule has 0 aliphatic carbocycles. The van der Waals surface area contributed by atoms with Crippen LogP contribution in [0.25, 0.3) is 0 Å². The lowest BCUT2D eigenvalue weighted by Gasteiger charge is -2.12. The number of anilines is 1. The number of fused-ring (bicyclic) bond motifs is 1. The van der Waals surface area contributed by atoms with E-state index in [9.17, 15) is 23.1 Å². The van der Waals surface area contributed by atoms with Crippen LogP contribution in [0.4, 0.5) is 18.9 Å². The van der Waals surface area contributed by atoms with Gasteiger partial charge < -0.3 is 10.4 Å². The number of para-hydroxylation sites is 1. The second-order valence-electron chi connectivity index (χ2n) is 4.78. The zero-order valence-corrected chi connectivity index (χ0v) is 10.6. The summed E-state index contributed by atoms with van der Waals surface area (Å²) >= 11 is 0. The van der Waals surface area contributed by atoms with E-state index in [4.69, 9.17) is 0 Å². The molecule has 108 valence electrons. The summed E-state index contributed by atoms with van der Waals surface area (Å²) in [4.78, 5) is 12.1. The van der Waals surface area contributed by atoms with Crippen LogP contribution in [-0.2, 0) is 11.0 Å². The molecule has 21 heavy (non-hydrogen) atoms. The second kappa shape index (κ2) is 4.51. The molecule has 1 amide bonds. The molecule has 1 unspecified atom stereocenters. The summed E-state index contributed by atoms with van der Waals surface area (Å²) in [7, 11) is 0. The van der Waals surface area contributed by atoms with Crippen molar-refractivity contribution in [2.75, 3.05) is 5.32 Å². The molecular formula is C15H10F3NO2. The molecule has 3 rings (SSSR count). The van der Waals surface area contributed by atoms with Crippen molar-refractivity contribution in [1.82, 2.24) is 0 Å². The minimum Gasteiger partial charge on any atom is -0.508 e. The SMILES string of the molecule is O=C1Nc2c(cccc2C(F)(F)F)C1c1ccc(O)cc1. The lowest BCUT2D eigenvalue weighted by molar-refractivity contribution is -0.136. The number of carbonyl (C=O) groups is 1. The smallest absolute Gasteiger partial charge is 0.418 e. The van der Waals surface area contributed by atoms with Gasteiger partial charge in [0.2, 0.25) is 5.91 Å². The maximum absolute atomic E-state index is 13.0. The Bertz CT molecular complexity index is 708. The molecule has 0 fully saturated rings. The van der Waals surface area contributed by atoms with E-state index < -0.39 is 23.6 Å². The third-order valence-electron chi connectivity index (χ3n) is 3.45. The Morgan fingerprint density at radius 1 is 1.05 bits per heavy atom. The van der Waals surface area contributed by atoms with Gasteiger partial charge in [-0.25, -0.2) is 0 Å². The number of halogens is 3. The summed E-state index contributed by atoms with van der Waals surface area (Å²) in [6, 6.07) is 9.57. The van der Waals surface area contributed by atoms with Crippen molar-refractivity contribution in [3.8, 4) is 5.75 Å². The van der Waals surface area contributed by atoms with Gasteiger partial charge in [0.05, 0.1) is 17.2 Å². The van der Waals surface area contributed by atoms with Crippen LogP contribution in [0.1, 0.15) is 22.6 Å². The molecule has 0 saturated carbocycles. The number of hydrogen-bond acceptors (Lipinski definition) is 2. The monoisotopic (exact) mass is 293 g/mol. The average Bonchev–Trinajstić information content (AvgIpc) is 2.74. The van der Waals surface area contributed by atoms with E-state index in [0.29, 0.717) is 11.1 Å². The molecule has 0 bridgehead atoms. The molecule has 1 heterocycles. The highest BCUT2D eigenvalue weighted by Crippen LogP contribution is 2.44. The Balaban J connectivity index is 2.13. The zero-order chi connectivity index (χ0) is 15.2. The number of phenolic OH excluding ortho intramolecular Hbond substituents is 1. The Morgan fingerprint density at radius 2 is 1.71 bits per heavy atom. The number of nitrogens with one attached hydrogen (secondary N) is 1. The molecule has 0 spiro atoms. The number of benzene rings is 2. The maximum Gasteiger partial charge on any atom is 0.418 e. The van der Waals surface area contributed by atoms with E-state index >= 15 is 0 Å². The van der Waals surface area contributed by atoms with Gasteiger partial charge in [0.15, 0.2) is 0 Å². The van der Waals surface area contributed by atoms with E-state index in [-0.39, 0.29) is 11.4 Å². The van der Waals surface area contributed by atoms with Crippen LogP contribution >= 0.6 is 0 Å². The summed E-state index contributed by atoms with van der Waals surface area (Å²) in [6.07, 6.45) is -4.53. The van der Waals surface area contributed by atoms with Crippen LogP contribution in [0.2, 0.25) is 0 Å². The molecule has 2 aromatic rings. The number of amides is 1. The fourth-order valence-electron chi connectivity index (χ4n) is 2.52. The van der Waals surface area contributed by atoms with Crippen molar-refractivity contribution in [2.45, 2.75) is 12.1 Å². The maximum atomic E-state index is 13.0. The van der Waals surface area contributed by atoms with Gasteiger partial charge in [0.1, 0.15) is 5.75 Å². The number of phenols is 1. The predicted octanol–water partition coefficient (Wildman–Crippen LogP) is 3.50. The van der Waals surface area contributed by atoms with Crippen molar-refractivity contribution in [1.29, 1.82) is 0 Å². The summed E-state index contributed by atoms with van der Waals surface area (Å²) in [5, 5.41) is 11.6. The molecule has 3 nitrogen and oxygen atoms in total. The van der Waals surface area contributed by atoms with Crippen LogP contribution in [0.3, 0.4) is 0 Å². The number of hydrogen-bond donors (Lipinski definition) is 2. The van der Waals surface area contributed by atoms with Gasteiger partial charge in [-0.15, -0.1) is 0 Å². The van der Waals surface area contributed by atoms with Gasteiger partial charge in [0, 0.05) is 0 Å². The topological polar surface area (TPSA) is 49.3 Å². The molecule has 2 N–H and O–H groups in total. The van der Waals surface area contributed by atoms with Crippen LogP contribution in [-0.4, -0.2) is 11.0 Å². The van der Waals surface area contributed by atoms with Crippen molar-refractivity contribution < 1.29 is 23.1 Å². The normalized spacial score (nSPS) is 17.5. The fourth-order valence-corrected chi connectivity index (χ4v) is 2.52. The highest BCUT2D eigenvalue weighted by molar-refractivity contribution is 6.05. The summed E-state index contributed by atoms with van der Waals surface area (Å²) in [5.74, 6) is -1.28. The minimum absolute atomic E-state index is 0.0291. The largest absolute Gasteiger partial charge is 0.508 e. The first-order valence-corrected chi connectivity index (χ1v) is 6.18. The van der Waals surface area contributed by atoms with Gasteiger partial charge in [0.25, 0.3) is 0 Å². The first-order chi connectivity index (χ1) is 9.88. The molecule has 0 radical (unpaired) electrons.